The number of hydrogen-bond donors (Lipinski definition) is 2. The van der Waals surface area contributed by atoms with Crippen LogP contribution in [0, 0.1) is 0 Å². The van der Waals surface area contributed by atoms with Crippen LogP contribution < -0.4 is 5.32 Å². The molecule has 0 aliphatic carbocycles. The first-order valence-electron chi connectivity index (χ1n) is 7.83. The molecule has 0 aliphatic heterocycles. The highest BCUT2D eigenvalue weighted by Crippen LogP contribution is 2.15. The molecule has 0 fully saturated rings. The van der Waals surface area contributed by atoms with Gasteiger partial charge < -0.3 is 10.4 Å². The lowest BCUT2D eigenvalue weighted by atomic mass is 10.0. The molecule has 0 saturated carbocycles. The second kappa shape index (κ2) is 10.1. The van der Waals surface area contributed by atoms with Crippen LogP contribution in [0.3, 0.4) is 0 Å². The molecule has 1 amide bonds. The molecule has 2 N–H and O–H groups in total. The monoisotopic (exact) mass is 335 g/mol. The molecule has 0 aromatic heterocycles. The van der Waals surface area contributed by atoms with Gasteiger partial charge in [0, 0.05) is 6.08 Å². The van der Waals surface area contributed by atoms with E-state index in [-0.39, 0.29) is 5.91 Å². The van der Waals surface area contributed by atoms with Gasteiger partial charge in [0.05, 0.1) is 0 Å². The third kappa shape index (κ3) is 7.37. The zero-order chi connectivity index (χ0) is 17.2. The van der Waals surface area contributed by atoms with E-state index in [1.165, 1.54) is 11.6 Å². The van der Waals surface area contributed by atoms with Crippen molar-refractivity contribution in [2.24, 2.45) is 0 Å². The van der Waals surface area contributed by atoms with E-state index >= 15 is 0 Å². The third-order valence-corrected chi connectivity index (χ3v) is 4.33. The van der Waals surface area contributed by atoms with Crippen molar-refractivity contribution in [2.45, 2.75) is 39.2 Å². The highest BCUT2D eigenvalue weighted by atomic mass is 32.2. The fourth-order valence-electron chi connectivity index (χ4n) is 1.99. The molecule has 1 aromatic rings. The van der Waals surface area contributed by atoms with Crippen molar-refractivity contribution < 1.29 is 14.7 Å². The third-order valence-electron chi connectivity index (χ3n) is 3.40. The first kappa shape index (κ1) is 19.3. The van der Waals surface area contributed by atoms with Crippen molar-refractivity contribution >= 4 is 29.7 Å². The van der Waals surface area contributed by atoms with E-state index in [9.17, 15) is 9.59 Å². The average molecular weight is 335 g/mol. The van der Waals surface area contributed by atoms with Gasteiger partial charge >= 0.3 is 5.97 Å². The van der Waals surface area contributed by atoms with Crippen LogP contribution in [0.2, 0.25) is 0 Å². The minimum Gasteiger partial charge on any atom is -0.480 e. The lowest BCUT2D eigenvalue weighted by molar-refractivity contribution is -0.141. The average Bonchev–Trinajstić information content (AvgIpc) is 2.52. The standard InChI is InChI=1S/C18H25NO3S/c1-4-23-12-11-16(18(21)22)19-17(20)10-7-14-5-8-15(9-6-14)13(2)3/h5-10,13,16H,4,11-12H2,1-3H3,(H,19,20)(H,21,22)/b10-7+. The SMILES string of the molecule is CCSCCC(NC(=O)/C=C/c1ccc(C(C)C)cc1)C(=O)O. The predicted octanol–water partition coefficient (Wildman–Crippen LogP) is 3.54. The van der Waals surface area contributed by atoms with Gasteiger partial charge in [-0.3, -0.25) is 4.79 Å². The summed E-state index contributed by atoms with van der Waals surface area (Å²) in [6.07, 6.45) is 3.50. The smallest absolute Gasteiger partial charge is 0.326 e. The molecule has 0 aliphatic rings. The number of carboxylic acid groups (broad SMARTS) is 1. The molecule has 0 heterocycles. The van der Waals surface area contributed by atoms with Gasteiger partial charge in [-0.2, -0.15) is 11.8 Å². The molecule has 126 valence electrons. The number of carboxylic acids is 1. The predicted molar refractivity (Wildman–Crippen MR) is 96.7 cm³/mol. The summed E-state index contributed by atoms with van der Waals surface area (Å²) in [5.74, 6) is 0.742. The second-order valence-electron chi connectivity index (χ2n) is 5.54. The summed E-state index contributed by atoms with van der Waals surface area (Å²) in [6, 6.07) is 7.13. The molecule has 0 spiro atoms. The molecule has 4 nitrogen and oxygen atoms in total. The highest BCUT2D eigenvalue weighted by Gasteiger charge is 2.18. The Morgan fingerprint density at radius 3 is 2.43 bits per heavy atom. The zero-order valence-corrected chi connectivity index (χ0v) is 14.7. The summed E-state index contributed by atoms with van der Waals surface area (Å²) in [6.45, 7) is 6.27. The van der Waals surface area contributed by atoms with Crippen molar-refractivity contribution in [1.82, 2.24) is 5.32 Å². The molecule has 23 heavy (non-hydrogen) atoms. The van der Waals surface area contributed by atoms with Gasteiger partial charge in [0.1, 0.15) is 6.04 Å². The van der Waals surface area contributed by atoms with Gasteiger partial charge in [-0.15, -0.1) is 0 Å². The number of hydrogen-bond acceptors (Lipinski definition) is 3. The Morgan fingerprint density at radius 1 is 1.26 bits per heavy atom. The Kier molecular flexibility index (Phi) is 8.48. The number of thioether (sulfide) groups is 1. The Bertz CT molecular complexity index is 538. The lowest BCUT2D eigenvalue weighted by Gasteiger charge is -2.12. The number of amides is 1. The van der Waals surface area contributed by atoms with Crippen LogP contribution in [0.4, 0.5) is 0 Å². The lowest BCUT2D eigenvalue weighted by Crippen LogP contribution is -2.40. The second-order valence-corrected chi connectivity index (χ2v) is 6.93. The number of carbonyl (C=O) groups excluding carboxylic acids is 1. The Balaban J connectivity index is 2.57. The van der Waals surface area contributed by atoms with Crippen LogP contribution in [0.25, 0.3) is 6.08 Å². The van der Waals surface area contributed by atoms with Gasteiger partial charge in [-0.25, -0.2) is 4.79 Å². The molecular formula is C18H25NO3S. The van der Waals surface area contributed by atoms with Crippen molar-refractivity contribution in [3.8, 4) is 0 Å². The van der Waals surface area contributed by atoms with Crippen LogP contribution in [-0.4, -0.2) is 34.5 Å². The van der Waals surface area contributed by atoms with Crippen molar-refractivity contribution in [3.05, 3.63) is 41.5 Å². The number of nitrogens with one attached hydrogen (secondary N) is 1. The van der Waals surface area contributed by atoms with Gasteiger partial charge in [0.15, 0.2) is 0 Å². The summed E-state index contributed by atoms with van der Waals surface area (Å²) in [7, 11) is 0. The van der Waals surface area contributed by atoms with Gasteiger partial charge in [-0.05, 0) is 41.0 Å². The molecular weight excluding hydrogens is 310 g/mol. The zero-order valence-electron chi connectivity index (χ0n) is 13.9. The van der Waals surface area contributed by atoms with E-state index in [1.54, 1.807) is 17.8 Å². The Labute approximate surface area is 142 Å². The van der Waals surface area contributed by atoms with E-state index in [1.807, 2.05) is 31.2 Å². The normalized spacial score (nSPS) is 12.5. The first-order chi connectivity index (χ1) is 10.9. The van der Waals surface area contributed by atoms with E-state index in [0.29, 0.717) is 18.1 Å². The highest BCUT2D eigenvalue weighted by molar-refractivity contribution is 7.99. The number of carbonyl (C=O) groups is 2. The minimum absolute atomic E-state index is 0.383. The molecule has 0 saturated heterocycles. The number of aliphatic carboxylic acids is 1. The fourth-order valence-corrected chi connectivity index (χ4v) is 2.68. The Morgan fingerprint density at radius 2 is 1.91 bits per heavy atom. The van der Waals surface area contributed by atoms with Crippen LogP contribution in [-0.2, 0) is 9.59 Å². The quantitative estimate of drug-likeness (QED) is 0.535. The van der Waals surface area contributed by atoms with Gasteiger partial charge in [0.2, 0.25) is 5.91 Å². The maximum absolute atomic E-state index is 11.9. The molecule has 1 aromatic carbocycles. The molecule has 0 bridgehead atoms. The number of benzene rings is 1. The van der Waals surface area contributed by atoms with E-state index in [0.717, 1.165) is 11.3 Å². The summed E-state index contributed by atoms with van der Waals surface area (Å²) in [4.78, 5) is 23.0. The van der Waals surface area contributed by atoms with Crippen LogP contribution in [0.1, 0.15) is 44.2 Å². The maximum atomic E-state index is 11.9. The summed E-state index contributed by atoms with van der Waals surface area (Å²) in [5.41, 5.74) is 2.16. The molecule has 1 atom stereocenters. The van der Waals surface area contributed by atoms with E-state index in [2.05, 4.69) is 19.2 Å². The largest absolute Gasteiger partial charge is 0.480 e. The van der Waals surface area contributed by atoms with Crippen LogP contribution >= 0.6 is 11.8 Å². The summed E-state index contributed by atoms with van der Waals surface area (Å²) in [5, 5.41) is 11.7. The molecule has 1 unspecified atom stereocenters. The molecule has 0 radical (unpaired) electrons. The minimum atomic E-state index is -0.996. The first-order valence-corrected chi connectivity index (χ1v) is 8.98. The summed E-state index contributed by atoms with van der Waals surface area (Å²) >= 11 is 1.66. The van der Waals surface area contributed by atoms with Gasteiger partial charge in [-0.1, -0.05) is 45.0 Å². The van der Waals surface area contributed by atoms with Crippen molar-refractivity contribution in [2.75, 3.05) is 11.5 Å². The fraction of sp³-hybridized carbons (Fsp3) is 0.444. The number of rotatable bonds is 9. The van der Waals surface area contributed by atoms with Crippen LogP contribution in [0.5, 0.6) is 0 Å². The van der Waals surface area contributed by atoms with E-state index < -0.39 is 12.0 Å². The van der Waals surface area contributed by atoms with Crippen molar-refractivity contribution in [1.29, 1.82) is 0 Å². The maximum Gasteiger partial charge on any atom is 0.326 e. The Hall–Kier alpha value is -1.75. The summed E-state index contributed by atoms with van der Waals surface area (Å²) < 4.78 is 0. The molecule has 1 rings (SSSR count). The van der Waals surface area contributed by atoms with Crippen molar-refractivity contribution in [3.63, 3.8) is 0 Å². The van der Waals surface area contributed by atoms with Crippen LogP contribution in [0.15, 0.2) is 30.3 Å². The topological polar surface area (TPSA) is 66.4 Å². The molecule has 5 heteroatoms. The van der Waals surface area contributed by atoms with E-state index in [4.69, 9.17) is 5.11 Å². The van der Waals surface area contributed by atoms with Gasteiger partial charge in [0.25, 0.3) is 0 Å².